The van der Waals surface area contributed by atoms with Crippen molar-refractivity contribution in [1.82, 2.24) is 29.7 Å². The van der Waals surface area contributed by atoms with E-state index in [0.29, 0.717) is 17.3 Å². The molecule has 0 radical (unpaired) electrons. The van der Waals surface area contributed by atoms with E-state index in [0.717, 1.165) is 44.8 Å². The molecule has 3 N–H and O–H groups in total. The minimum Gasteiger partial charge on any atom is -0.345 e. The first kappa shape index (κ1) is 19.2. The Balaban J connectivity index is 1.48. The van der Waals surface area contributed by atoms with E-state index < -0.39 is 0 Å². The summed E-state index contributed by atoms with van der Waals surface area (Å²) in [6, 6.07) is 12.7. The summed E-state index contributed by atoms with van der Waals surface area (Å²) in [7, 11) is 2.00. The Morgan fingerprint density at radius 3 is 2.79 bits per heavy atom. The molecule has 0 atom stereocenters. The molecule has 162 valence electrons. The first-order valence-corrected chi connectivity index (χ1v) is 10.6. The van der Waals surface area contributed by atoms with Gasteiger partial charge in [-0.15, -0.1) is 0 Å². The number of benzene rings is 2. The smallest absolute Gasteiger partial charge is 0.161 e. The standard InChI is InChI=1S/C25H20FN7/c1-14-28-13-21(33(14)2)16-8-9-20-19(12-16)23(32-31-20)25-29-22-18(7-4-10-27-24(22)30-25)15-5-3-6-17(26)11-15/h3-13,27H,1-2H3,(H,29,30)(H,31,32). The summed E-state index contributed by atoms with van der Waals surface area (Å²) in [5.74, 6) is 1.94. The van der Waals surface area contributed by atoms with Crippen molar-refractivity contribution >= 4 is 22.3 Å². The number of aromatic nitrogens is 6. The molecule has 4 heterocycles. The molecule has 1 aliphatic heterocycles. The Morgan fingerprint density at radius 1 is 1.06 bits per heavy atom. The lowest BCUT2D eigenvalue weighted by Gasteiger charge is -2.06. The minimum absolute atomic E-state index is 0.285. The summed E-state index contributed by atoms with van der Waals surface area (Å²) in [5, 5.41) is 11.8. The van der Waals surface area contributed by atoms with Gasteiger partial charge in [-0.25, -0.2) is 14.4 Å². The van der Waals surface area contributed by atoms with E-state index in [1.54, 1.807) is 12.3 Å². The number of nitrogens with zero attached hydrogens (tertiary/aromatic N) is 4. The van der Waals surface area contributed by atoms with Gasteiger partial charge in [0.1, 0.15) is 17.3 Å². The second kappa shape index (κ2) is 7.30. The molecular formula is C25H20FN7. The maximum atomic E-state index is 13.9. The van der Waals surface area contributed by atoms with Crippen molar-refractivity contribution in [3.05, 3.63) is 89.9 Å². The van der Waals surface area contributed by atoms with Gasteiger partial charge in [-0.05, 0) is 42.8 Å². The monoisotopic (exact) mass is 437 g/mol. The molecule has 8 heteroatoms. The molecule has 5 aromatic rings. The van der Waals surface area contributed by atoms with E-state index in [-0.39, 0.29) is 5.82 Å². The van der Waals surface area contributed by atoms with Crippen LogP contribution in [0, 0.1) is 12.7 Å². The highest BCUT2D eigenvalue weighted by Crippen LogP contribution is 2.35. The van der Waals surface area contributed by atoms with Gasteiger partial charge in [-0.2, -0.15) is 5.10 Å². The first-order valence-electron chi connectivity index (χ1n) is 10.6. The Morgan fingerprint density at radius 2 is 1.97 bits per heavy atom. The second-order valence-corrected chi connectivity index (χ2v) is 7.99. The van der Waals surface area contributed by atoms with Crippen LogP contribution in [0.1, 0.15) is 17.1 Å². The Kier molecular flexibility index (Phi) is 4.26. The third-order valence-electron chi connectivity index (χ3n) is 5.99. The number of allylic oxidation sites excluding steroid dienone is 2. The highest BCUT2D eigenvalue weighted by molar-refractivity contribution is 5.95. The summed E-state index contributed by atoms with van der Waals surface area (Å²) < 4.78 is 16.0. The Hall–Kier alpha value is -4.46. The van der Waals surface area contributed by atoms with Crippen molar-refractivity contribution in [3.63, 3.8) is 0 Å². The highest BCUT2D eigenvalue weighted by atomic mass is 19.1. The van der Waals surface area contributed by atoms with E-state index in [1.807, 2.05) is 44.5 Å². The van der Waals surface area contributed by atoms with Crippen molar-refractivity contribution in [2.24, 2.45) is 7.05 Å². The third-order valence-corrected chi connectivity index (χ3v) is 5.99. The number of hydrogen-bond donors (Lipinski definition) is 3. The summed E-state index contributed by atoms with van der Waals surface area (Å²) >= 11 is 0. The first-order chi connectivity index (χ1) is 16.1. The van der Waals surface area contributed by atoms with Gasteiger partial charge < -0.3 is 14.9 Å². The number of imidazole rings is 2. The lowest BCUT2D eigenvalue weighted by Crippen LogP contribution is -1.94. The van der Waals surface area contributed by atoms with Gasteiger partial charge in [0, 0.05) is 29.8 Å². The van der Waals surface area contributed by atoms with Crippen LogP contribution in [0.5, 0.6) is 0 Å². The fourth-order valence-corrected chi connectivity index (χ4v) is 4.16. The molecular weight excluding hydrogens is 417 g/mol. The van der Waals surface area contributed by atoms with Crippen molar-refractivity contribution in [3.8, 4) is 22.8 Å². The maximum absolute atomic E-state index is 13.9. The second-order valence-electron chi connectivity index (χ2n) is 7.99. The molecule has 0 aliphatic carbocycles. The molecule has 0 fully saturated rings. The largest absolute Gasteiger partial charge is 0.345 e. The molecule has 0 amide bonds. The van der Waals surface area contributed by atoms with Gasteiger partial charge in [0.2, 0.25) is 0 Å². The van der Waals surface area contributed by atoms with E-state index in [1.165, 1.54) is 12.1 Å². The maximum Gasteiger partial charge on any atom is 0.161 e. The molecule has 0 saturated heterocycles. The summed E-state index contributed by atoms with van der Waals surface area (Å²) in [5.41, 5.74) is 6.07. The number of halogens is 1. The molecule has 2 aromatic carbocycles. The summed E-state index contributed by atoms with van der Waals surface area (Å²) in [4.78, 5) is 12.6. The van der Waals surface area contributed by atoms with Gasteiger partial charge >= 0.3 is 0 Å². The SMILES string of the molecule is Cc1ncc(-c2ccc3[nH]nc(-c4nc5c([nH]4)C(c4cccc(F)c4)=CC=CN5)c3c2)n1C. The van der Waals surface area contributed by atoms with Gasteiger partial charge in [-0.1, -0.05) is 24.3 Å². The van der Waals surface area contributed by atoms with Crippen LogP contribution in [-0.2, 0) is 7.05 Å². The minimum atomic E-state index is -0.285. The Bertz CT molecular complexity index is 1580. The quantitative estimate of drug-likeness (QED) is 0.363. The van der Waals surface area contributed by atoms with Crippen LogP contribution in [-0.4, -0.2) is 29.7 Å². The lowest BCUT2D eigenvalue weighted by molar-refractivity contribution is 0.627. The van der Waals surface area contributed by atoms with Crippen molar-refractivity contribution in [2.75, 3.05) is 5.32 Å². The molecule has 0 saturated carbocycles. The van der Waals surface area contributed by atoms with Crippen LogP contribution in [0.15, 0.2) is 67.0 Å². The van der Waals surface area contributed by atoms with Crippen molar-refractivity contribution in [2.45, 2.75) is 6.92 Å². The number of rotatable bonds is 3. The molecule has 0 bridgehead atoms. The van der Waals surface area contributed by atoms with Gasteiger partial charge in [-0.3, -0.25) is 5.10 Å². The van der Waals surface area contributed by atoms with Crippen LogP contribution in [0.2, 0.25) is 0 Å². The van der Waals surface area contributed by atoms with Crippen LogP contribution in [0.3, 0.4) is 0 Å². The average molecular weight is 437 g/mol. The van der Waals surface area contributed by atoms with E-state index in [2.05, 4.69) is 42.2 Å². The number of aryl methyl sites for hydroxylation is 1. The molecule has 1 aliphatic rings. The van der Waals surface area contributed by atoms with Crippen molar-refractivity contribution < 1.29 is 4.39 Å². The number of aromatic amines is 2. The van der Waals surface area contributed by atoms with Gasteiger partial charge in [0.05, 0.1) is 23.1 Å². The topological polar surface area (TPSA) is 87.2 Å². The number of hydrogen-bond acceptors (Lipinski definition) is 4. The number of anilines is 1. The summed E-state index contributed by atoms with van der Waals surface area (Å²) in [6.07, 6.45) is 7.49. The zero-order valence-corrected chi connectivity index (χ0v) is 18.0. The highest BCUT2D eigenvalue weighted by Gasteiger charge is 2.20. The van der Waals surface area contributed by atoms with E-state index >= 15 is 0 Å². The number of nitrogens with one attached hydrogen (secondary N) is 3. The normalized spacial score (nSPS) is 13.0. The number of fused-ring (bicyclic) bond motifs is 2. The fraction of sp³-hybridized carbons (Fsp3) is 0.0800. The van der Waals surface area contributed by atoms with Crippen molar-refractivity contribution in [1.29, 1.82) is 0 Å². The predicted octanol–water partition coefficient (Wildman–Crippen LogP) is 5.17. The molecule has 33 heavy (non-hydrogen) atoms. The van der Waals surface area contributed by atoms with Crippen LogP contribution >= 0.6 is 0 Å². The molecule has 0 spiro atoms. The number of H-pyrrole nitrogens is 2. The van der Waals surface area contributed by atoms with Crippen LogP contribution in [0.25, 0.3) is 39.3 Å². The Labute approximate surface area is 188 Å². The lowest BCUT2D eigenvalue weighted by atomic mass is 10.0. The molecule has 3 aromatic heterocycles. The molecule has 0 unspecified atom stereocenters. The molecule has 7 nitrogen and oxygen atoms in total. The predicted molar refractivity (Wildman–Crippen MR) is 127 cm³/mol. The van der Waals surface area contributed by atoms with Gasteiger partial charge in [0.25, 0.3) is 0 Å². The van der Waals surface area contributed by atoms with Crippen LogP contribution in [0.4, 0.5) is 10.2 Å². The summed E-state index contributed by atoms with van der Waals surface area (Å²) in [6.45, 7) is 1.98. The van der Waals surface area contributed by atoms with E-state index in [9.17, 15) is 4.39 Å². The zero-order chi connectivity index (χ0) is 22.5. The fourth-order valence-electron chi connectivity index (χ4n) is 4.16. The zero-order valence-electron chi connectivity index (χ0n) is 18.0. The van der Waals surface area contributed by atoms with Gasteiger partial charge in [0.15, 0.2) is 11.6 Å². The van der Waals surface area contributed by atoms with E-state index in [4.69, 9.17) is 4.98 Å². The molecule has 6 rings (SSSR count). The third kappa shape index (κ3) is 3.15. The van der Waals surface area contributed by atoms with Crippen LogP contribution < -0.4 is 5.32 Å². The average Bonchev–Trinajstić information content (AvgIpc) is 3.47.